The Morgan fingerprint density at radius 2 is 2.04 bits per heavy atom. The van der Waals surface area contributed by atoms with Crippen molar-refractivity contribution in [1.82, 2.24) is 14.5 Å². The Morgan fingerprint density at radius 1 is 1.22 bits per heavy atom. The van der Waals surface area contributed by atoms with Gasteiger partial charge in [-0.15, -0.1) is 0 Å². The lowest BCUT2D eigenvalue weighted by atomic mass is 9.98. The predicted molar refractivity (Wildman–Crippen MR) is 105 cm³/mol. The second kappa shape index (κ2) is 8.84. The van der Waals surface area contributed by atoms with Crippen LogP contribution in [0, 0.1) is 13.8 Å². The summed E-state index contributed by atoms with van der Waals surface area (Å²) in [5.41, 5.74) is 1.76. The Hall–Kier alpha value is -2.63. The van der Waals surface area contributed by atoms with Gasteiger partial charge in [-0.1, -0.05) is 18.2 Å². The van der Waals surface area contributed by atoms with Gasteiger partial charge in [0.1, 0.15) is 12.2 Å². The zero-order valence-electron chi connectivity index (χ0n) is 16.1. The maximum atomic E-state index is 12.8. The number of carbonyl (C=O) groups excluding carboxylic acids is 2. The van der Waals surface area contributed by atoms with E-state index < -0.39 is 0 Å². The van der Waals surface area contributed by atoms with Crippen LogP contribution in [0.5, 0.6) is 0 Å². The van der Waals surface area contributed by atoms with Crippen LogP contribution in [0.25, 0.3) is 0 Å². The first-order chi connectivity index (χ1) is 13.0. The summed E-state index contributed by atoms with van der Waals surface area (Å²) in [7, 11) is 0. The van der Waals surface area contributed by atoms with Crippen LogP contribution in [0.1, 0.15) is 43.5 Å². The fourth-order valence-corrected chi connectivity index (χ4v) is 3.70. The molecule has 1 atom stereocenters. The molecule has 2 heterocycles. The molecule has 0 bridgehead atoms. The number of aryl methyl sites for hydroxylation is 3. The quantitative estimate of drug-likeness (QED) is 0.796. The number of carbonyl (C=O) groups is 2. The minimum absolute atomic E-state index is 0.0758. The molecule has 1 aromatic heterocycles. The summed E-state index contributed by atoms with van der Waals surface area (Å²) in [6.07, 6.45) is 7.70. The number of hydrogen-bond donors (Lipinski definition) is 1. The van der Waals surface area contributed by atoms with Crippen LogP contribution >= 0.6 is 0 Å². The number of rotatable bonds is 6. The molecule has 2 amide bonds. The van der Waals surface area contributed by atoms with Gasteiger partial charge in [0.15, 0.2) is 0 Å². The zero-order chi connectivity index (χ0) is 19.2. The minimum atomic E-state index is -0.246. The van der Waals surface area contributed by atoms with Crippen LogP contribution in [-0.4, -0.2) is 38.9 Å². The lowest BCUT2D eigenvalue weighted by Gasteiger charge is -2.36. The van der Waals surface area contributed by atoms with Gasteiger partial charge in [0, 0.05) is 37.2 Å². The number of nitrogens with one attached hydrogen (secondary N) is 1. The van der Waals surface area contributed by atoms with Crippen molar-refractivity contribution in [2.45, 2.75) is 58.5 Å². The van der Waals surface area contributed by atoms with E-state index in [-0.39, 0.29) is 24.3 Å². The first kappa shape index (κ1) is 19.1. The second-order valence-electron chi connectivity index (χ2n) is 7.23. The summed E-state index contributed by atoms with van der Waals surface area (Å²) < 4.78 is 2.11. The fourth-order valence-electron chi connectivity index (χ4n) is 3.70. The van der Waals surface area contributed by atoms with E-state index in [9.17, 15) is 9.59 Å². The van der Waals surface area contributed by atoms with Gasteiger partial charge in [0.2, 0.25) is 11.8 Å². The molecule has 6 nitrogen and oxygen atoms in total. The maximum Gasteiger partial charge on any atom is 0.233 e. The number of benzene rings is 1. The van der Waals surface area contributed by atoms with Gasteiger partial charge in [-0.05, 0) is 51.2 Å². The number of likely N-dealkylation sites (tertiary alicyclic amines) is 1. The van der Waals surface area contributed by atoms with Crippen molar-refractivity contribution < 1.29 is 9.59 Å². The van der Waals surface area contributed by atoms with Crippen LogP contribution < -0.4 is 5.32 Å². The highest BCUT2D eigenvalue weighted by atomic mass is 16.2. The lowest BCUT2D eigenvalue weighted by Crippen LogP contribution is -2.45. The van der Waals surface area contributed by atoms with E-state index in [0.29, 0.717) is 0 Å². The molecule has 0 radical (unpaired) electrons. The summed E-state index contributed by atoms with van der Waals surface area (Å²) >= 11 is 0. The van der Waals surface area contributed by atoms with Crippen LogP contribution in [0.15, 0.2) is 36.7 Å². The van der Waals surface area contributed by atoms with Gasteiger partial charge in [0.05, 0.1) is 0 Å². The van der Waals surface area contributed by atoms with Crippen molar-refractivity contribution in [2.75, 3.05) is 11.9 Å². The first-order valence-electron chi connectivity index (χ1n) is 9.67. The number of imidazole rings is 1. The van der Waals surface area contributed by atoms with E-state index in [2.05, 4.69) is 14.9 Å². The SMILES string of the molecule is Cc1ccccc1NC(=O)CC(=O)N1CCCCC1CCn1ccnc1C. The number of piperidine rings is 1. The van der Waals surface area contributed by atoms with E-state index in [1.54, 1.807) is 6.20 Å². The molecule has 27 heavy (non-hydrogen) atoms. The number of hydrogen-bond acceptors (Lipinski definition) is 3. The summed E-state index contributed by atoms with van der Waals surface area (Å²) in [5, 5.41) is 2.86. The van der Waals surface area contributed by atoms with Gasteiger partial charge in [-0.3, -0.25) is 9.59 Å². The largest absolute Gasteiger partial charge is 0.339 e. The van der Waals surface area contributed by atoms with Gasteiger partial charge in [-0.2, -0.15) is 0 Å². The third-order valence-electron chi connectivity index (χ3n) is 5.31. The monoisotopic (exact) mass is 368 g/mol. The lowest BCUT2D eigenvalue weighted by molar-refractivity contribution is -0.137. The number of para-hydroxylation sites is 1. The molecule has 1 unspecified atom stereocenters. The van der Waals surface area contributed by atoms with Gasteiger partial charge >= 0.3 is 0 Å². The van der Waals surface area contributed by atoms with Crippen molar-refractivity contribution >= 4 is 17.5 Å². The molecular weight excluding hydrogens is 340 g/mol. The molecule has 0 saturated carbocycles. The highest BCUT2D eigenvalue weighted by molar-refractivity contribution is 6.03. The van der Waals surface area contributed by atoms with Crippen molar-refractivity contribution in [3.8, 4) is 0 Å². The van der Waals surface area contributed by atoms with Crippen LogP contribution in [0.2, 0.25) is 0 Å². The van der Waals surface area contributed by atoms with E-state index in [0.717, 1.165) is 55.8 Å². The number of amides is 2. The summed E-state index contributed by atoms with van der Waals surface area (Å²) in [6, 6.07) is 7.80. The normalized spacial score (nSPS) is 17.0. The molecule has 1 fully saturated rings. The predicted octanol–water partition coefficient (Wildman–Crippen LogP) is 3.30. The third kappa shape index (κ3) is 4.96. The molecule has 6 heteroatoms. The van der Waals surface area contributed by atoms with Crippen molar-refractivity contribution in [3.05, 3.63) is 48.0 Å². The topological polar surface area (TPSA) is 67.2 Å². The second-order valence-corrected chi connectivity index (χ2v) is 7.23. The average Bonchev–Trinajstić information content (AvgIpc) is 3.07. The van der Waals surface area contributed by atoms with E-state index >= 15 is 0 Å². The molecule has 1 aromatic carbocycles. The van der Waals surface area contributed by atoms with Crippen molar-refractivity contribution in [3.63, 3.8) is 0 Å². The molecule has 1 saturated heterocycles. The Kier molecular flexibility index (Phi) is 6.27. The Bertz CT molecular complexity index is 799. The summed E-state index contributed by atoms with van der Waals surface area (Å²) in [4.78, 5) is 31.3. The molecule has 3 rings (SSSR count). The zero-order valence-corrected chi connectivity index (χ0v) is 16.1. The average molecular weight is 368 g/mol. The molecule has 0 spiro atoms. The van der Waals surface area contributed by atoms with Gasteiger partial charge in [0.25, 0.3) is 0 Å². The van der Waals surface area contributed by atoms with E-state index in [1.165, 1.54) is 0 Å². The van der Waals surface area contributed by atoms with E-state index in [1.807, 2.05) is 49.2 Å². The third-order valence-corrected chi connectivity index (χ3v) is 5.31. The van der Waals surface area contributed by atoms with Gasteiger partial charge in [-0.25, -0.2) is 4.98 Å². The molecule has 1 aliphatic rings. The molecule has 0 aliphatic carbocycles. The van der Waals surface area contributed by atoms with E-state index in [4.69, 9.17) is 0 Å². The van der Waals surface area contributed by atoms with Crippen molar-refractivity contribution in [2.24, 2.45) is 0 Å². The summed E-state index contributed by atoms with van der Waals surface area (Å²) in [6.45, 7) is 5.51. The van der Waals surface area contributed by atoms with Crippen LogP contribution in [0.4, 0.5) is 5.69 Å². The highest BCUT2D eigenvalue weighted by Gasteiger charge is 2.27. The highest BCUT2D eigenvalue weighted by Crippen LogP contribution is 2.22. The van der Waals surface area contributed by atoms with Crippen molar-refractivity contribution in [1.29, 1.82) is 0 Å². The molecule has 2 aromatic rings. The van der Waals surface area contributed by atoms with Crippen LogP contribution in [-0.2, 0) is 16.1 Å². The Labute approximate surface area is 160 Å². The summed E-state index contributed by atoms with van der Waals surface area (Å²) in [5.74, 6) is 0.665. The van der Waals surface area contributed by atoms with Crippen LogP contribution in [0.3, 0.4) is 0 Å². The number of aromatic nitrogens is 2. The maximum absolute atomic E-state index is 12.8. The smallest absolute Gasteiger partial charge is 0.233 e. The first-order valence-corrected chi connectivity index (χ1v) is 9.67. The number of nitrogens with zero attached hydrogens (tertiary/aromatic N) is 3. The minimum Gasteiger partial charge on any atom is -0.339 e. The molecule has 1 N–H and O–H groups in total. The van der Waals surface area contributed by atoms with Gasteiger partial charge < -0.3 is 14.8 Å². The number of anilines is 1. The fraction of sp³-hybridized carbons (Fsp3) is 0.476. The molecule has 1 aliphatic heterocycles. The molecular formula is C21H28N4O2. The molecule has 144 valence electrons. The standard InChI is InChI=1S/C21H28N4O2/c1-16-7-3-4-9-19(16)23-20(26)15-21(27)25-12-6-5-8-18(25)10-13-24-14-11-22-17(24)2/h3-4,7,9,11,14,18H,5-6,8,10,12-13,15H2,1-2H3,(H,23,26). The Morgan fingerprint density at radius 3 is 2.78 bits per heavy atom. The Balaban J connectivity index is 1.57.